The van der Waals surface area contributed by atoms with E-state index >= 15 is 0 Å². The van der Waals surface area contributed by atoms with Crippen molar-refractivity contribution in [3.8, 4) is 0 Å². The Hall–Kier alpha value is -1.98. The van der Waals surface area contributed by atoms with Crippen molar-refractivity contribution in [2.45, 2.75) is 52.4 Å². The van der Waals surface area contributed by atoms with E-state index in [9.17, 15) is 29.4 Å². The molecule has 0 aromatic heterocycles. The molecule has 0 aliphatic rings. The van der Waals surface area contributed by atoms with Gasteiger partial charge >= 0.3 is 0 Å². The molecular formula is C15H20O6-2. The second-order valence-electron chi connectivity index (χ2n) is 5.07. The van der Waals surface area contributed by atoms with E-state index in [2.05, 4.69) is 6.58 Å². The lowest BCUT2D eigenvalue weighted by molar-refractivity contribution is -0.322. The fourth-order valence-corrected chi connectivity index (χ4v) is 2.15. The van der Waals surface area contributed by atoms with Crippen LogP contribution in [0.5, 0.6) is 0 Å². The molecule has 21 heavy (non-hydrogen) atoms. The summed E-state index contributed by atoms with van der Waals surface area (Å²) in [6.07, 6.45) is -0.0726. The van der Waals surface area contributed by atoms with E-state index in [4.69, 9.17) is 0 Å². The molecule has 0 rings (SSSR count). The van der Waals surface area contributed by atoms with Crippen LogP contribution in [0.25, 0.3) is 0 Å². The quantitative estimate of drug-likeness (QED) is 0.477. The Morgan fingerprint density at radius 1 is 0.905 bits per heavy atom. The molecule has 0 aliphatic carbocycles. The Bertz CT molecular complexity index is 429. The van der Waals surface area contributed by atoms with Crippen molar-refractivity contribution in [2.75, 3.05) is 0 Å². The highest BCUT2D eigenvalue weighted by Crippen LogP contribution is 2.35. The summed E-state index contributed by atoms with van der Waals surface area (Å²) in [4.78, 5) is 46.0. The lowest BCUT2D eigenvalue weighted by Crippen LogP contribution is -2.50. The molecule has 0 saturated heterocycles. The molecule has 0 aliphatic heterocycles. The number of carbonyl (C=O) groups is 4. The van der Waals surface area contributed by atoms with Crippen LogP contribution in [0.3, 0.4) is 0 Å². The SMILES string of the molecule is C=C(C(=O)[O-])C(CC(=O)CCC)(CC(=O)CCC)C(=O)[O-]. The van der Waals surface area contributed by atoms with Gasteiger partial charge in [0.05, 0.1) is 11.9 Å². The monoisotopic (exact) mass is 296 g/mol. The molecular weight excluding hydrogens is 276 g/mol. The van der Waals surface area contributed by atoms with Gasteiger partial charge in [0, 0.05) is 31.1 Å². The Balaban J connectivity index is 5.60. The van der Waals surface area contributed by atoms with E-state index in [1.165, 1.54) is 0 Å². The molecule has 0 atom stereocenters. The van der Waals surface area contributed by atoms with Gasteiger partial charge in [-0.1, -0.05) is 20.4 Å². The maximum absolute atomic E-state index is 11.8. The van der Waals surface area contributed by atoms with Gasteiger partial charge < -0.3 is 19.8 Å². The topological polar surface area (TPSA) is 114 Å². The van der Waals surface area contributed by atoms with Gasteiger partial charge in [-0.15, -0.1) is 0 Å². The number of ketones is 2. The van der Waals surface area contributed by atoms with Crippen molar-refractivity contribution in [2.24, 2.45) is 5.41 Å². The van der Waals surface area contributed by atoms with Crippen LogP contribution in [0, 0.1) is 5.41 Å². The van der Waals surface area contributed by atoms with Gasteiger partial charge in [-0.3, -0.25) is 9.59 Å². The smallest absolute Gasteiger partial charge is 0.134 e. The van der Waals surface area contributed by atoms with E-state index in [1.807, 2.05) is 0 Å². The summed E-state index contributed by atoms with van der Waals surface area (Å²) in [5.41, 5.74) is -3.02. The molecule has 0 fully saturated rings. The van der Waals surface area contributed by atoms with Crippen molar-refractivity contribution in [3.63, 3.8) is 0 Å². The van der Waals surface area contributed by atoms with E-state index in [0.717, 1.165) is 0 Å². The molecule has 6 heteroatoms. The lowest BCUT2D eigenvalue weighted by atomic mass is 9.72. The molecule has 0 spiro atoms. The van der Waals surface area contributed by atoms with Crippen LogP contribution in [0.15, 0.2) is 12.2 Å². The van der Waals surface area contributed by atoms with Crippen LogP contribution in [0.2, 0.25) is 0 Å². The zero-order valence-electron chi connectivity index (χ0n) is 12.4. The second-order valence-corrected chi connectivity index (χ2v) is 5.07. The van der Waals surface area contributed by atoms with Gasteiger partial charge in [-0.25, -0.2) is 0 Å². The molecule has 0 aromatic carbocycles. The first-order valence-corrected chi connectivity index (χ1v) is 6.86. The highest BCUT2D eigenvalue weighted by molar-refractivity contribution is 6.00. The van der Waals surface area contributed by atoms with Gasteiger partial charge in [-0.05, 0) is 18.4 Å². The molecule has 0 amide bonds. The zero-order chi connectivity index (χ0) is 16.6. The maximum atomic E-state index is 11.8. The maximum Gasteiger partial charge on any atom is 0.134 e. The zero-order valence-corrected chi connectivity index (χ0v) is 12.4. The third-order valence-electron chi connectivity index (χ3n) is 3.27. The summed E-state index contributed by atoms with van der Waals surface area (Å²) in [6.45, 7) is 6.65. The summed E-state index contributed by atoms with van der Waals surface area (Å²) in [5.74, 6) is -4.49. The Morgan fingerprint density at radius 3 is 1.52 bits per heavy atom. The van der Waals surface area contributed by atoms with Crippen LogP contribution in [-0.2, 0) is 19.2 Å². The van der Waals surface area contributed by atoms with Crippen molar-refractivity contribution in [1.29, 1.82) is 0 Å². The molecule has 0 N–H and O–H groups in total. The summed E-state index contributed by atoms with van der Waals surface area (Å²) in [6, 6.07) is 0. The number of hydrogen-bond donors (Lipinski definition) is 0. The van der Waals surface area contributed by atoms with E-state index < -0.39 is 47.3 Å². The van der Waals surface area contributed by atoms with Crippen LogP contribution in [0.4, 0.5) is 0 Å². The number of rotatable bonds is 11. The minimum Gasteiger partial charge on any atom is -0.549 e. The average Bonchev–Trinajstić information content (AvgIpc) is 2.37. The number of Topliss-reactive ketones (excluding diaryl/α,β-unsaturated/α-hetero) is 2. The van der Waals surface area contributed by atoms with Crippen molar-refractivity contribution < 1.29 is 29.4 Å². The third kappa shape index (κ3) is 5.13. The van der Waals surface area contributed by atoms with Crippen molar-refractivity contribution in [1.82, 2.24) is 0 Å². The molecule has 0 saturated carbocycles. The fraction of sp³-hybridized carbons (Fsp3) is 0.600. The predicted molar refractivity (Wildman–Crippen MR) is 70.7 cm³/mol. The Kier molecular flexibility index (Phi) is 7.55. The van der Waals surface area contributed by atoms with Crippen LogP contribution < -0.4 is 10.2 Å². The van der Waals surface area contributed by atoms with Crippen LogP contribution in [0.1, 0.15) is 52.4 Å². The molecule has 118 valence electrons. The fourth-order valence-electron chi connectivity index (χ4n) is 2.15. The summed E-state index contributed by atoms with van der Waals surface area (Å²) in [7, 11) is 0. The third-order valence-corrected chi connectivity index (χ3v) is 3.27. The summed E-state index contributed by atoms with van der Waals surface area (Å²) >= 11 is 0. The minimum atomic E-state index is -2.22. The minimum absolute atomic E-state index is 0.0946. The van der Waals surface area contributed by atoms with Crippen LogP contribution >= 0.6 is 0 Å². The molecule has 0 aromatic rings. The standard InChI is InChI=1S/C15H22O6/c1-4-6-11(16)8-15(14(20)21,10(3)13(18)19)9-12(17)7-5-2/h3-9H2,1-2H3,(H,18,19)(H,20,21)/p-2. The largest absolute Gasteiger partial charge is 0.549 e. The summed E-state index contributed by atoms with van der Waals surface area (Å²) in [5, 5.41) is 22.5. The first-order chi connectivity index (χ1) is 9.71. The molecule has 0 radical (unpaired) electrons. The number of hydrogen-bond acceptors (Lipinski definition) is 6. The molecule has 0 bridgehead atoms. The van der Waals surface area contributed by atoms with Crippen molar-refractivity contribution >= 4 is 23.5 Å². The molecule has 0 heterocycles. The molecule has 6 nitrogen and oxygen atoms in total. The Morgan fingerprint density at radius 2 is 1.29 bits per heavy atom. The number of carbonyl (C=O) groups excluding carboxylic acids is 4. The first-order valence-electron chi connectivity index (χ1n) is 6.86. The van der Waals surface area contributed by atoms with Crippen LogP contribution in [-0.4, -0.2) is 23.5 Å². The predicted octanol–water partition coefficient (Wildman–Crippen LogP) is -0.453. The van der Waals surface area contributed by atoms with E-state index in [1.54, 1.807) is 13.8 Å². The lowest BCUT2D eigenvalue weighted by Gasteiger charge is -2.36. The van der Waals surface area contributed by atoms with Gasteiger partial charge in [0.25, 0.3) is 0 Å². The van der Waals surface area contributed by atoms with Gasteiger partial charge in [-0.2, -0.15) is 0 Å². The first kappa shape index (κ1) is 19.0. The summed E-state index contributed by atoms with van der Waals surface area (Å²) < 4.78 is 0. The highest BCUT2D eigenvalue weighted by Gasteiger charge is 2.39. The molecule has 0 unspecified atom stereocenters. The normalized spacial score (nSPS) is 11.0. The highest BCUT2D eigenvalue weighted by atomic mass is 16.4. The number of aliphatic carboxylic acids is 2. The Labute approximate surface area is 123 Å². The van der Waals surface area contributed by atoms with E-state index in [-0.39, 0.29) is 12.8 Å². The average molecular weight is 296 g/mol. The van der Waals surface area contributed by atoms with E-state index in [0.29, 0.717) is 12.8 Å². The second kappa shape index (κ2) is 8.34. The van der Waals surface area contributed by atoms with Gasteiger partial charge in [0.2, 0.25) is 0 Å². The van der Waals surface area contributed by atoms with Gasteiger partial charge in [0.1, 0.15) is 11.6 Å². The van der Waals surface area contributed by atoms with Gasteiger partial charge in [0.15, 0.2) is 0 Å². The number of carboxylic acids is 2. The van der Waals surface area contributed by atoms with Crippen molar-refractivity contribution in [3.05, 3.63) is 12.2 Å². The number of carboxylic acid groups (broad SMARTS) is 2.